The first-order chi connectivity index (χ1) is 23.4. The lowest BCUT2D eigenvalue weighted by molar-refractivity contribution is -0.136. The molecular weight excluding hydrogens is 592 g/mol. The number of primary amides is 1. The zero-order valence-electron chi connectivity index (χ0n) is 29.1. The molecule has 1 amide bonds. The maximum Gasteiger partial charge on any atom is 0.303 e. The average Bonchev–Trinajstić information content (AvgIpc) is 3.08. The number of carbonyl (C=O) groups excluding carboxylic acids is 1. The fourth-order valence-corrected chi connectivity index (χ4v) is 6.10. The Morgan fingerprint density at radius 1 is 0.875 bits per heavy atom. The number of benzene rings is 4. The summed E-state index contributed by atoms with van der Waals surface area (Å²) in [5.74, 6) is 0.430. The van der Waals surface area contributed by atoms with Crippen molar-refractivity contribution in [2.45, 2.75) is 84.0 Å². The minimum Gasteiger partial charge on any atom is -0.481 e. The summed E-state index contributed by atoms with van der Waals surface area (Å²) in [7, 11) is 0. The molecule has 0 aromatic heterocycles. The van der Waals surface area contributed by atoms with Crippen LogP contribution in [0, 0.1) is 6.92 Å². The van der Waals surface area contributed by atoms with Gasteiger partial charge in [-0.05, 0) is 79.2 Å². The van der Waals surface area contributed by atoms with Crippen LogP contribution in [-0.4, -0.2) is 35.5 Å². The molecule has 5 rings (SSSR count). The number of allylic oxidation sites excluding steroid dienone is 1. The Hall–Kier alpha value is -4.64. The second-order valence-electron chi connectivity index (χ2n) is 12.4. The van der Waals surface area contributed by atoms with Crippen molar-refractivity contribution in [3.05, 3.63) is 149 Å². The number of carboxylic acids is 1. The summed E-state index contributed by atoms with van der Waals surface area (Å²) in [6.45, 7) is 8.12. The Labute approximate surface area is 288 Å². The van der Waals surface area contributed by atoms with Crippen molar-refractivity contribution >= 4 is 18.1 Å². The van der Waals surface area contributed by atoms with Crippen LogP contribution in [0.4, 0.5) is 0 Å². The van der Waals surface area contributed by atoms with Crippen LogP contribution in [0.5, 0.6) is 0 Å². The quantitative estimate of drug-likeness (QED) is 0.134. The van der Waals surface area contributed by atoms with Crippen molar-refractivity contribution in [2.75, 3.05) is 13.1 Å². The SMILES string of the molecule is CC/C=C(/c1ccc(C)cc1)N(CCCc1cccc(C2CCC2)c1)CCC(c1ccccc1)c1ccccc1.CCC(=O)O.NC=O. The summed E-state index contributed by atoms with van der Waals surface area (Å²) in [6.07, 6.45) is 11.4. The molecule has 3 N–H and O–H groups in total. The van der Waals surface area contributed by atoms with E-state index in [4.69, 9.17) is 9.90 Å². The largest absolute Gasteiger partial charge is 0.481 e. The van der Waals surface area contributed by atoms with E-state index >= 15 is 0 Å². The lowest BCUT2D eigenvalue weighted by atomic mass is 9.79. The number of aryl methyl sites for hydroxylation is 2. The number of hydrogen-bond acceptors (Lipinski definition) is 3. The van der Waals surface area contributed by atoms with E-state index in [1.54, 1.807) is 12.5 Å². The molecule has 0 unspecified atom stereocenters. The molecular formula is C43H54N2O3. The fraction of sp³-hybridized carbons (Fsp3) is 0.349. The van der Waals surface area contributed by atoms with Gasteiger partial charge in [0.15, 0.2) is 0 Å². The van der Waals surface area contributed by atoms with Crippen molar-refractivity contribution in [2.24, 2.45) is 5.73 Å². The molecule has 0 atom stereocenters. The lowest BCUT2D eigenvalue weighted by Crippen LogP contribution is -2.26. The third kappa shape index (κ3) is 12.5. The van der Waals surface area contributed by atoms with Crippen LogP contribution in [-0.2, 0) is 16.0 Å². The molecule has 0 aliphatic heterocycles. The molecule has 5 heteroatoms. The van der Waals surface area contributed by atoms with Gasteiger partial charge in [-0.1, -0.05) is 141 Å². The molecule has 1 fully saturated rings. The summed E-state index contributed by atoms with van der Waals surface area (Å²) >= 11 is 0. The minimum atomic E-state index is -0.745. The second kappa shape index (κ2) is 21.3. The molecule has 0 bridgehead atoms. The van der Waals surface area contributed by atoms with Gasteiger partial charge < -0.3 is 15.7 Å². The van der Waals surface area contributed by atoms with E-state index in [1.165, 1.54) is 52.8 Å². The van der Waals surface area contributed by atoms with Gasteiger partial charge in [-0.2, -0.15) is 0 Å². The first kappa shape index (κ1) is 37.8. The van der Waals surface area contributed by atoms with Gasteiger partial charge in [0.05, 0.1) is 0 Å². The Morgan fingerprint density at radius 2 is 1.46 bits per heavy atom. The molecule has 0 heterocycles. The van der Waals surface area contributed by atoms with E-state index < -0.39 is 5.97 Å². The summed E-state index contributed by atoms with van der Waals surface area (Å²) in [5.41, 5.74) is 14.0. The Bertz CT molecular complexity index is 1470. The number of aliphatic carboxylic acids is 1. The highest BCUT2D eigenvalue weighted by Gasteiger charge is 2.20. The van der Waals surface area contributed by atoms with Crippen LogP contribution in [0.2, 0.25) is 0 Å². The zero-order valence-corrected chi connectivity index (χ0v) is 29.1. The maximum absolute atomic E-state index is 9.37. The standard InChI is InChI=1S/C39H45N.C3H6O2.CH3NO/c1-3-13-39(36-25-23-31(2)24-26-36)40(28-12-15-32-14-10-22-37(30-32)33-20-11-21-33)29-27-38(34-16-6-4-7-17-34)35-18-8-5-9-19-35;1-2-3(4)5;2-1-3/h4-10,13-14,16-19,22-26,30,33,38H,3,11-12,15,20-21,27-29H2,1-2H3;2H2,1H3,(H,4,5);1H,(H2,2,3)/b39-13-;;. The van der Waals surface area contributed by atoms with Gasteiger partial charge in [-0.15, -0.1) is 0 Å². The Kier molecular flexibility index (Phi) is 16.8. The van der Waals surface area contributed by atoms with E-state index in [2.05, 4.69) is 140 Å². The van der Waals surface area contributed by atoms with Gasteiger partial charge in [-0.3, -0.25) is 9.59 Å². The first-order valence-corrected chi connectivity index (χ1v) is 17.5. The highest BCUT2D eigenvalue weighted by Crippen LogP contribution is 2.36. The Balaban J connectivity index is 0.000000705. The monoisotopic (exact) mass is 646 g/mol. The molecule has 254 valence electrons. The fourth-order valence-electron chi connectivity index (χ4n) is 6.10. The van der Waals surface area contributed by atoms with E-state index in [0.717, 1.165) is 44.7 Å². The molecule has 1 aliphatic carbocycles. The van der Waals surface area contributed by atoms with Crippen molar-refractivity contribution in [1.82, 2.24) is 4.90 Å². The highest BCUT2D eigenvalue weighted by atomic mass is 16.4. The van der Waals surface area contributed by atoms with Gasteiger partial charge in [0, 0.05) is 31.1 Å². The van der Waals surface area contributed by atoms with E-state index in [1.807, 2.05) is 0 Å². The van der Waals surface area contributed by atoms with Crippen molar-refractivity contribution in [1.29, 1.82) is 0 Å². The normalized spacial score (nSPS) is 12.5. The van der Waals surface area contributed by atoms with Gasteiger partial charge in [0.1, 0.15) is 0 Å². The van der Waals surface area contributed by atoms with Gasteiger partial charge >= 0.3 is 5.97 Å². The molecule has 5 nitrogen and oxygen atoms in total. The molecule has 1 aliphatic rings. The molecule has 4 aromatic rings. The van der Waals surface area contributed by atoms with Crippen molar-refractivity contribution in [3.63, 3.8) is 0 Å². The topological polar surface area (TPSA) is 83.6 Å². The first-order valence-electron chi connectivity index (χ1n) is 17.5. The molecule has 1 saturated carbocycles. The zero-order chi connectivity index (χ0) is 34.6. The molecule has 0 radical (unpaired) electrons. The molecule has 0 saturated heterocycles. The number of carboxylic acid groups (broad SMARTS) is 1. The number of hydrogen-bond donors (Lipinski definition) is 2. The van der Waals surface area contributed by atoms with Crippen molar-refractivity contribution < 1.29 is 14.7 Å². The van der Waals surface area contributed by atoms with Crippen LogP contribution < -0.4 is 5.73 Å². The van der Waals surface area contributed by atoms with Crippen LogP contribution in [0.25, 0.3) is 5.70 Å². The predicted molar refractivity (Wildman–Crippen MR) is 200 cm³/mol. The van der Waals surface area contributed by atoms with Gasteiger partial charge in [-0.25, -0.2) is 0 Å². The van der Waals surface area contributed by atoms with Gasteiger partial charge in [0.25, 0.3) is 0 Å². The number of nitrogens with two attached hydrogens (primary N) is 1. The second-order valence-corrected chi connectivity index (χ2v) is 12.4. The number of carbonyl (C=O) groups is 2. The molecule has 0 spiro atoms. The third-order valence-electron chi connectivity index (χ3n) is 8.90. The number of nitrogens with zero attached hydrogens (tertiary/aromatic N) is 1. The van der Waals surface area contributed by atoms with Crippen LogP contribution in [0.3, 0.4) is 0 Å². The summed E-state index contributed by atoms with van der Waals surface area (Å²) in [5, 5.41) is 7.72. The van der Waals surface area contributed by atoms with E-state index in [9.17, 15) is 4.79 Å². The number of amides is 1. The average molecular weight is 647 g/mol. The summed E-state index contributed by atoms with van der Waals surface area (Å²) < 4.78 is 0. The highest BCUT2D eigenvalue weighted by molar-refractivity contribution is 5.66. The molecule has 48 heavy (non-hydrogen) atoms. The summed E-state index contributed by atoms with van der Waals surface area (Å²) in [4.78, 5) is 20.6. The Morgan fingerprint density at radius 3 is 1.96 bits per heavy atom. The van der Waals surface area contributed by atoms with Gasteiger partial charge in [0.2, 0.25) is 6.41 Å². The minimum absolute atomic E-state index is 0.222. The number of rotatable bonds is 14. The third-order valence-corrected chi connectivity index (χ3v) is 8.90. The lowest BCUT2D eigenvalue weighted by Gasteiger charge is -2.31. The smallest absolute Gasteiger partial charge is 0.303 e. The van der Waals surface area contributed by atoms with E-state index in [0.29, 0.717) is 5.92 Å². The van der Waals surface area contributed by atoms with Crippen molar-refractivity contribution in [3.8, 4) is 0 Å². The molecule has 4 aromatic carbocycles. The van der Waals surface area contributed by atoms with Crippen LogP contribution in [0.1, 0.15) is 104 Å². The predicted octanol–water partition coefficient (Wildman–Crippen LogP) is 9.75. The van der Waals surface area contributed by atoms with Crippen LogP contribution in [0.15, 0.2) is 115 Å². The van der Waals surface area contributed by atoms with Crippen LogP contribution >= 0.6 is 0 Å². The van der Waals surface area contributed by atoms with E-state index in [-0.39, 0.29) is 12.8 Å². The summed E-state index contributed by atoms with van der Waals surface area (Å²) in [6, 6.07) is 40.7. The maximum atomic E-state index is 9.37.